The maximum atomic E-state index is 17.6. The van der Waals surface area contributed by atoms with Gasteiger partial charge in [-0.1, -0.05) is 92.7 Å². The molecule has 6 atom stereocenters. The third-order valence-corrected chi connectivity index (χ3v) is 20.2. The van der Waals surface area contributed by atoms with Crippen LogP contribution in [0.25, 0.3) is 56.0 Å². The van der Waals surface area contributed by atoms with E-state index in [1.165, 1.54) is 80.4 Å². The van der Waals surface area contributed by atoms with Crippen molar-refractivity contribution in [1.29, 1.82) is 0 Å². The SMILES string of the molecule is C=CC(=O)N1C[C@@H]2C(=O)N(C)c3c(c4cc(Cl)c(-c5c(O)cc(C6CC6(C)c6ccccc6-n6c(=O)c7c(c8cc(Cl)c(-c9c(O)cccc9F)nc86)N6[C@H](CN(C(=O)C=C)C[C@@H]6C)C(=O)N7C)cc5F)nc4n(-c4ccccc4C4(C)CC4)c3=O)N2[C@@H](C)C1. The molecule has 0 spiro atoms. The lowest BCUT2D eigenvalue weighted by atomic mass is 9.90. The summed E-state index contributed by atoms with van der Waals surface area (Å²) in [6, 6.07) is 21.3. The number of benzene rings is 4. The fraction of sp³-hybridized carbons (Fsp3) is 0.294. The molecule has 0 bridgehead atoms. The topological polar surface area (TPSA) is 198 Å². The number of pyridine rings is 4. The number of anilines is 4. The molecule has 90 heavy (non-hydrogen) atoms. The summed E-state index contributed by atoms with van der Waals surface area (Å²) in [7, 11) is 3.02. The van der Waals surface area contributed by atoms with Crippen LogP contribution in [0.3, 0.4) is 0 Å². The number of phenols is 2. The highest BCUT2D eigenvalue weighted by Crippen LogP contribution is 2.62. The molecule has 2 saturated heterocycles. The number of hydrogen-bond acceptors (Lipinski definition) is 12. The van der Waals surface area contributed by atoms with Crippen molar-refractivity contribution < 1.29 is 38.2 Å². The Hall–Kier alpha value is -9.40. The zero-order valence-corrected chi connectivity index (χ0v) is 51.4. The lowest BCUT2D eigenvalue weighted by Gasteiger charge is -2.50. The van der Waals surface area contributed by atoms with E-state index in [2.05, 4.69) is 20.1 Å². The molecule has 458 valence electrons. The predicted octanol–water partition coefficient (Wildman–Crippen LogP) is 10.0. The van der Waals surface area contributed by atoms with Gasteiger partial charge in [-0.3, -0.25) is 37.9 Å². The molecule has 18 nitrogen and oxygen atoms in total. The van der Waals surface area contributed by atoms with Crippen LogP contribution in [0.2, 0.25) is 10.0 Å². The minimum Gasteiger partial charge on any atom is -0.507 e. The number of fused-ring (bicyclic) bond motifs is 10. The van der Waals surface area contributed by atoms with E-state index >= 15 is 18.4 Å². The number of hydrogen-bond donors (Lipinski definition) is 2. The van der Waals surface area contributed by atoms with Gasteiger partial charge in [-0.15, -0.1) is 0 Å². The van der Waals surface area contributed by atoms with Gasteiger partial charge in [0.05, 0.1) is 68.4 Å². The van der Waals surface area contributed by atoms with E-state index in [0.717, 1.165) is 24.5 Å². The van der Waals surface area contributed by atoms with E-state index in [4.69, 9.17) is 33.2 Å². The highest BCUT2D eigenvalue weighted by Gasteiger charge is 2.55. The Labute approximate surface area is 524 Å². The molecule has 14 rings (SSSR count). The standard InChI is InChI=1S/C68H60Cl2F2N10O8/c1-9-51(85)77-29-33(3)79-47(31-77)63(87)75(7)59-57(79)36-27-42(70)56(74-61(36)81(65(59)89)45-19-13-11-16-38(45)67(5)22-23-67)54-44(72)24-35(25-50(54)84)40-28-68(40,6)39-17-12-14-20-46(39)82-62-37(26-41(69)55(73-62)53-43(71)18-15-21-49(53)83)58-60(66(82)90)76(8)64(88)48-32-78(52(86)10-2)30-34(4)80(48)58/h9-21,24-27,33-34,40,47-48,83-84H,1-2,22-23,28-32H2,3-8H3/t33-,34-,40?,47+,48+,68?/m0/s1. The summed E-state index contributed by atoms with van der Waals surface area (Å²) in [5.74, 6) is -4.71. The second kappa shape index (κ2) is 20.6. The summed E-state index contributed by atoms with van der Waals surface area (Å²) in [5, 5.41) is 24.0. The van der Waals surface area contributed by atoms with E-state index in [0.29, 0.717) is 51.1 Å². The molecule has 6 aliphatic rings. The van der Waals surface area contributed by atoms with Crippen molar-refractivity contribution in [2.75, 3.05) is 59.9 Å². The van der Waals surface area contributed by atoms with E-state index in [1.54, 1.807) is 35.2 Å². The van der Waals surface area contributed by atoms with Gasteiger partial charge in [0.25, 0.3) is 22.9 Å². The van der Waals surface area contributed by atoms with Gasteiger partial charge in [0, 0.05) is 55.5 Å². The molecule has 4 fully saturated rings. The molecule has 2 aliphatic carbocycles. The number of aromatic hydroxyl groups is 2. The Morgan fingerprint density at radius 2 is 1.08 bits per heavy atom. The van der Waals surface area contributed by atoms with Gasteiger partial charge in [-0.2, -0.15) is 0 Å². The predicted molar refractivity (Wildman–Crippen MR) is 342 cm³/mol. The number of aromatic nitrogens is 4. The fourth-order valence-electron chi connectivity index (χ4n) is 14.8. The molecule has 2 N–H and O–H groups in total. The zero-order chi connectivity index (χ0) is 63.6. The maximum Gasteiger partial charge on any atom is 0.282 e. The van der Waals surface area contributed by atoms with Crippen LogP contribution < -0.4 is 30.7 Å². The quantitative estimate of drug-likeness (QED) is 0.130. The van der Waals surface area contributed by atoms with Gasteiger partial charge in [0.2, 0.25) is 11.8 Å². The highest BCUT2D eigenvalue weighted by molar-refractivity contribution is 6.35. The minimum absolute atomic E-state index is 0.00597. The third-order valence-electron chi connectivity index (χ3n) is 19.6. The summed E-state index contributed by atoms with van der Waals surface area (Å²) >= 11 is 14.4. The Balaban J connectivity index is 0.908. The smallest absolute Gasteiger partial charge is 0.282 e. The Kier molecular flexibility index (Phi) is 13.3. The molecule has 2 unspecified atom stereocenters. The van der Waals surface area contributed by atoms with Crippen molar-refractivity contribution in [3.05, 3.63) is 175 Å². The van der Waals surface area contributed by atoms with Crippen LogP contribution >= 0.6 is 23.2 Å². The van der Waals surface area contributed by atoms with Crippen LogP contribution in [-0.4, -0.2) is 127 Å². The summed E-state index contributed by atoms with van der Waals surface area (Å²) in [6.07, 6.45) is 4.48. The number of phenolic OH excluding ortho intramolecular Hbond substituents is 2. The number of piperazine rings is 2. The molecule has 4 amide bonds. The van der Waals surface area contributed by atoms with Crippen LogP contribution in [0.15, 0.2) is 126 Å². The number of amides is 4. The largest absolute Gasteiger partial charge is 0.507 e. The van der Waals surface area contributed by atoms with E-state index in [9.17, 15) is 29.4 Å². The van der Waals surface area contributed by atoms with Crippen LogP contribution in [0.1, 0.15) is 69.6 Å². The molecule has 0 radical (unpaired) electrons. The molecule has 8 heterocycles. The van der Waals surface area contributed by atoms with Crippen LogP contribution in [0, 0.1) is 11.6 Å². The van der Waals surface area contributed by atoms with Crippen molar-refractivity contribution >= 4 is 91.6 Å². The van der Waals surface area contributed by atoms with Gasteiger partial charge >= 0.3 is 0 Å². The van der Waals surface area contributed by atoms with Gasteiger partial charge in [-0.05, 0) is 122 Å². The molecule has 4 aromatic carbocycles. The van der Waals surface area contributed by atoms with Crippen molar-refractivity contribution in [2.24, 2.45) is 0 Å². The van der Waals surface area contributed by atoms with Gasteiger partial charge in [-0.25, -0.2) is 18.7 Å². The highest BCUT2D eigenvalue weighted by atomic mass is 35.5. The van der Waals surface area contributed by atoms with Gasteiger partial charge in [0.1, 0.15) is 57.9 Å². The lowest BCUT2D eigenvalue weighted by Crippen LogP contribution is -2.66. The average Bonchev–Trinajstić information content (AvgIpc) is 0.772. The van der Waals surface area contributed by atoms with Crippen LogP contribution in [0.5, 0.6) is 11.5 Å². The first-order valence-electron chi connectivity index (χ1n) is 29.7. The Bertz CT molecular complexity index is 4680. The number of carbonyl (C=O) groups excluding carboxylic acids is 4. The molecule has 4 aliphatic heterocycles. The van der Waals surface area contributed by atoms with Crippen LogP contribution in [-0.2, 0) is 30.0 Å². The van der Waals surface area contributed by atoms with Gasteiger partial charge in [0.15, 0.2) is 0 Å². The molecule has 22 heteroatoms. The summed E-state index contributed by atoms with van der Waals surface area (Å²) in [5.41, 5.74) is 0.205. The number of likely N-dealkylation sites (N-methyl/N-ethyl adjacent to an activating group) is 2. The van der Waals surface area contributed by atoms with Crippen molar-refractivity contribution in [3.63, 3.8) is 0 Å². The van der Waals surface area contributed by atoms with Crippen LogP contribution in [0.4, 0.5) is 31.5 Å². The molecule has 2 saturated carbocycles. The first-order chi connectivity index (χ1) is 42.9. The second-order valence-electron chi connectivity index (χ2n) is 25.1. The van der Waals surface area contributed by atoms with Crippen molar-refractivity contribution in [2.45, 2.75) is 87.9 Å². The number of carbonyl (C=O) groups is 4. The fourth-order valence-corrected chi connectivity index (χ4v) is 15.3. The summed E-state index contributed by atoms with van der Waals surface area (Å²) in [6.45, 7) is 15.4. The number of rotatable bonds is 9. The minimum atomic E-state index is -0.936. The number of para-hydroxylation sites is 2. The monoisotopic (exact) mass is 1250 g/mol. The average molecular weight is 1250 g/mol. The number of halogens is 4. The zero-order valence-electron chi connectivity index (χ0n) is 49.9. The lowest BCUT2D eigenvalue weighted by molar-refractivity contribution is -0.130. The van der Waals surface area contributed by atoms with Gasteiger partial charge < -0.3 is 39.6 Å². The van der Waals surface area contributed by atoms with E-state index < -0.39 is 81.6 Å². The summed E-state index contributed by atoms with van der Waals surface area (Å²) < 4.78 is 36.3. The Morgan fingerprint density at radius 3 is 1.54 bits per heavy atom. The Morgan fingerprint density at radius 1 is 0.611 bits per heavy atom. The molecular weight excluding hydrogens is 1190 g/mol. The van der Waals surface area contributed by atoms with E-state index in [-0.39, 0.29) is 98.6 Å². The second-order valence-corrected chi connectivity index (χ2v) is 25.9. The third kappa shape index (κ3) is 8.46. The summed E-state index contributed by atoms with van der Waals surface area (Å²) in [4.78, 5) is 106. The maximum absolute atomic E-state index is 17.6. The number of nitrogens with zero attached hydrogens (tertiary/aromatic N) is 10. The molecule has 4 aromatic heterocycles. The first-order valence-corrected chi connectivity index (χ1v) is 30.4. The normalized spacial score (nSPS) is 22.3. The van der Waals surface area contributed by atoms with Crippen molar-refractivity contribution in [1.82, 2.24) is 28.9 Å². The molecule has 8 aromatic rings. The molecular formula is C68H60Cl2F2N10O8. The van der Waals surface area contributed by atoms with Crippen molar-refractivity contribution in [3.8, 4) is 45.4 Å². The first kappa shape index (κ1) is 58.3. The van der Waals surface area contributed by atoms with E-state index in [1.807, 2.05) is 54.8 Å².